The van der Waals surface area contributed by atoms with E-state index in [1.54, 1.807) is 13.2 Å². The van der Waals surface area contributed by atoms with Gasteiger partial charge in [0.25, 0.3) is 0 Å². The molecule has 0 aliphatic rings. The highest BCUT2D eigenvalue weighted by Gasteiger charge is 1.92. The SMILES string of the molecule is [CH]c1cc(C)cc(OC)c1. The average Bonchev–Trinajstić information content (AvgIpc) is 1.85. The third-order valence-electron chi connectivity index (χ3n) is 1.31. The van der Waals surface area contributed by atoms with Gasteiger partial charge in [0.05, 0.1) is 7.11 Å². The minimum atomic E-state index is 0.747. The summed E-state index contributed by atoms with van der Waals surface area (Å²) in [4.78, 5) is 0. The molecular formula is C9H10O. The van der Waals surface area contributed by atoms with Crippen molar-refractivity contribution in [3.63, 3.8) is 0 Å². The van der Waals surface area contributed by atoms with Crippen molar-refractivity contribution in [3.8, 4) is 5.75 Å². The van der Waals surface area contributed by atoms with Crippen LogP contribution in [0.15, 0.2) is 18.2 Å². The van der Waals surface area contributed by atoms with E-state index >= 15 is 0 Å². The Hall–Kier alpha value is -0.980. The maximum Gasteiger partial charge on any atom is 0.119 e. The minimum absolute atomic E-state index is 0.747. The summed E-state index contributed by atoms with van der Waals surface area (Å²) in [6, 6.07) is 5.64. The lowest BCUT2D eigenvalue weighted by atomic mass is 10.1. The molecule has 1 aromatic carbocycles. The molecule has 1 heteroatoms. The number of benzene rings is 1. The highest BCUT2D eigenvalue weighted by atomic mass is 16.5. The van der Waals surface area contributed by atoms with Crippen molar-refractivity contribution in [2.45, 2.75) is 6.92 Å². The minimum Gasteiger partial charge on any atom is -0.497 e. The second-order valence-corrected chi connectivity index (χ2v) is 2.28. The van der Waals surface area contributed by atoms with Gasteiger partial charge in [-0.3, -0.25) is 0 Å². The molecule has 0 aliphatic heterocycles. The summed E-state index contributed by atoms with van der Waals surface area (Å²) < 4.78 is 5.00. The Labute approximate surface area is 61.6 Å². The van der Waals surface area contributed by atoms with Crippen LogP contribution in [0.3, 0.4) is 0 Å². The van der Waals surface area contributed by atoms with Crippen LogP contribution >= 0.6 is 0 Å². The van der Waals surface area contributed by atoms with Gasteiger partial charge in [0, 0.05) is 0 Å². The Balaban J connectivity index is 3.06. The van der Waals surface area contributed by atoms with Crippen LogP contribution in [0.25, 0.3) is 0 Å². The van der Waals surface area contributed by atoms with Gasteiger partial charge in [0.2, 0.25) is 0 Å². The van der Waals surface area contributed by atoms with Gasteiger partial charge in [-0.05, 0) is 37.1 Å². The summed E-state index contributed by atoms with van der Waals surface area (Å²) in [5.74, 6) is 0.817. The van der Waals surface area contributed by atoms with E-state index in [2.05, 4.69) is 0 Å². The average molecular weight is 134 g/mol. The molecule has 2 radical (unpaired) electrons. The van der Waals surface area contributed by atoms with Gasteiger partial charge < -0.3 is 4.74 Å². The van der Waals surface area contributed by atoms with Crippen molar-refractivity contribution in [2.75, 3.05) is 7.11 Å². The first-order valence-corrected chi connectivity index (χ1v) is 3.13. The monoisotopic (exact) mass is 134 g/mol. The fourth-order valence-corrected chi connectivity index (χ4v) is 0.894. The van der Waals surface area contributed by atoms with Crippen molar-refractivity contribution in [1.29, 1.82) is 0 Å². The lowest BCUT2D eigenvalue weighted by Gasteiger charge is -2.01. The van der Waals surface area contributed by atoms with Crippen LogP contribution in [-0.4, -0.2) is 7.11 Å². The van der Waals surface area contributed by atoms with Crippen molar-refractivity contribution in [3.05, 3.63) is 36.2 Å². The zero-order valence-electron chi connectivity index (χ0n) is 6.22. The third-order valence-corrected chi connectivity index (χ3v) is 1.31. The van der Waals surface area contributed by atoms with E-state index in [4.69, 9.17) is 11.7 Å². The summed E-state index contributed by atoms with van der Waals surface area (Å²) >= 11 is 0. The first kappa shape index (κ1) is 7.13. The zero-order chi connectivity index (χ0) is 7.56. The van der Waals surface area contributed by atoms with Crippen molar-refractivity contribution in [1.82, 2.24) is 0 Å². The predicted molar refractivity (Wildman–Crippen MR) is 41.1 cm³/mol. The predicted octanol–water partition coefficient (Wildman–Crippen LogP) is 2.06. The molecular weight excluding hydrogens is 124 g/mol. The van der Waals surface area contributed by atoms with E-state index in [9.17, 15) is 0 Å². The number of ether oxygens (including phenoxy) is 1. The molecule has 0 unspecified atom stereocenters. The Kier molecular flexibility index (Phi) is 1.95. The normalized spacial score (nSPS) is 9.50. The second-order valence-electron chi connectivity index (χ2n) is 2.28. The van der Waals surface area contributed by atoms with E-state index in [0.29, 0.717) is 0 Å². The molecule has 0 aromatic heterocycles. The Bertz CT molecular complexity index is 208. The molecule has 10 heavy (non-hydrogen) atoms. The van der Waals surface area contributed by atoms with E-state index < -0.39 is 0 Å². The van der Waals surface area contributed by atoms with Crippen LogP contribution in [0.1, 0.15) is 11.1 Å². The van der Waals surface area contributed by atoms with Crippen LogP contribution in [0.2, 0.25) is 0 Å². The molecule has 1 rings (SSSR count). The molecule has 0 N–H and O–H groups in total. The summed E-state index contributed by atoms with van der Waals surface area (Å²) in [5.41, 5.74) is 1.87. The summed E-state index contributed by atoms with van der Waals surface area (Å²) in [7, 11) is 1.63. The fourth-order valence-electron chi connectivity index (χ4n) is 0.894. The maximum atomic E-state index is 5.56. The number of aryl methyl sites for hydroxylation is 1. The molecule has 0 spiro atoms. The quantitative estimate of drug-likeness (QED) is 0.571. The van der Waals surface area contributed by atoms with Crippen molar-refractivity contribution < 1.29 is 4.74 Å². The number of hydrogen-bond acceptors (Lipinski definition) is 1. The standard InChI is InChI=1S/C9H10O/c1-7-4-8(2)6-9(5-7)10-3/h1,4-6H,2-3H3. The van der Waals surface area contributed by atoms with Crippen LogP contribution in [0, 0.1) is 13.8 Å². The first-order valence-electron chi connectivity index (χ1n) is 3.13. The zero-order valence-corrected chi connectivity index (χ0v) is 6.22. The molecule has 0 bridgehead atoms. The molecule has 0 atom stereocenters. The second kappa shape index (κ2) is 2.74. The van der Waals surface area contributed by atoms with E-state index in [-0.39, 0.29) is 0 Å². The van der Waals surface area contributed by atoms with Gasteiger partial charge in [-0.15, -0.1) is 0 Å². The van der Waals surface area contributed by atoms with Gasteiger partial charge in [0.1, 0.15) is 5.75 Å². The van der Waals surface area contributed by atoms with Crippen LogP contribution in [-0.2, 0) is 0 Å². The molecule has 1 nitrogen and oxygen atoms in total. The van der Waals surface area contributed by atoms with Crippen LogP contribution < -0.4 is 4.74 Å². The van der Waals surface area contributed by atoms with Gasteiger partial charge in [-0.1, -0.05) is 6.07 Å². The first-order chi connectivity index (χ1) is 4.72. The Morgan fingerprint density at radius 2 is 2.00 bits per heavy atom. The van der Waals surface area contributed by atoms with Gasteiger partial charge in [-0.2, -0.15) is 0 Å². The summed E-state index contributed by atoms with van der Waals surface area (Å²) in [6.45, 7) is 7.54. The molecule has 0 heterocycles. The van der Waals surface area contributed by atoms with Crippen molar-refractivity contribution >= 4 is 0 Å². The lowest BCUT2D eigenvalue weighted by molar-refractivity contribution is 0.414. The number of rotatable bonds is 1. The molecule has 1 aromatic rings. The van der Waals surface area contributed by atoms with Crippen molar-refractivity contribution in [2.24, 2.45) is 0 Å². The van der Waals surface area contributed by atoms with Gasteiger partial charge in [0.15, 0.2) is 0 Å². The van der Waals surface area contributed by atoms with Crippen LogP contribution in [0.5, 0.6) is 5.75 Å². The highest BCUT2D eigenvalue weighted by Crippen LogP contribution is 2.14. The number of hydrogen-bond donors (Lipinski definition) is 0. The Morgan fingerprint density at radius 1 is 1.30 bits per heavy atom. The summed E-state index contributed by atoms with van der Waals surface area (Å²) in [5, 5.41) is 0. The van der Waals surface area contributed by atoms with Crippen LogP contribution in [0.4, 0.5) is 0 Å². The molecule has 0 amide bonds. The van der Waals surface area contributed by atoms with E-state index in [0.717, 1.165) is 16.9 Å². The molecule has 0 fully saturated rings. The van der Waals surface area contributed by atoms with E-state index in [1.807, 2.05) is 19.1 Å². The summed E-state index contributed by atoms with van der Waals surface area (Å²) in [6.07, 6.45) is 0. The fraction of sp³-hybridized carbons (Fsp3) is 0.222. The Morgan fingerprint density at radius 3 is 2.50 bits per heavy atom. The van der Waals surface area contributed by atoms with Gasteiger partial charge in [-0.25, -0.2) is 0 Å². The topological polar surface area (TPSA) is 9.23 Å². The molecule has 0 aliphatic carbocycles. The largest absolute Gasteiger partial charge is 0.497 e. The lowest BCUT2D eigenvalue weighted by Crippen LogP contribution is -1.84. The molecule has 52 valence electrons. The van der Waals surface area contributed by atoms with E-state index in [1.165, 1.54) is 0 Å². The highest BCUT2D eigenvalue weighted by molar-refractivity contribution is 5.34. The number of methoxy groups -OCH3 is 1. The smallest absolute Gasteiger partial charge is 0.119 e. The van der Waals surface area contributed by atoms with Gasteiger partial charge >= 0.3 is 0 Å². The third kappa shape index (κ3) is 1.50. The maximum absolute atomic E-state index is 5.56. The molecule has 0 saturated heterocycles. The molecule has 0 saturated carbocycles.